The van der Waals surface area contributed by atoms with Crippen molar-refractivity contribution < 1.29 is 8.78 Å². The molecule has 1 aliphatic rings. The summed E-state index contributed by atoms with van der Waals surface area (Å²) >= 11 is 0. The third-order valence-corrected chi connectivity index (χ3v) is 4.27. The molecule has 1 aromatic rings. The molecule has 0 aliphatic heterocycles. The lowest BCUT2D eigenvalue weighted by Gasteiger charge is -2.32. The van der Waals surface area contributed by atoms with Crippen molar-refractivity contribution in [2.75, 3.05) is 0 Å². The second kappa shape index (κ2) is 6.00. The summed E-state index contributed by atoms with van der Waals surface area (Å²) < 4.78 is 26.2. The van der Waals surface area contributed by atoms with Gasteiger partial charge in [0.15, 0.2) is 0 Å². The molecule has 0 saturated heterocycles. The normalized spacial score (nSPS) is 21.3. The van der Waals surface area contributed by atoms with E-state index in [2.05, 4.69) is 31.2 Å². The number of benzene rings is 1. The van der Waals surface area contributed by atoms with E-state index < -0.39 is 5.92 Å². The molecule has 1 saturated carbocycles. The molecule has 0 spiro atoms. The first kappa shape index (κ1) is 14.4. The van der Waals surface area contributed by atoms with E-state index in [9.17, 15) is 8.78 Å². The highest BCUT2D eigenvalue weighted by Crippen LogP contribution is 2.37. The van der Waals surface area contributed by atoms with E-state index in [-0.39, 0.29) is 24.8 Å². The molecule has 1 aliphatic carbocycles. The first-order valence-corrected chi connectivity index (χ1v) is 7.21. The minimum absolute atomic E-state index is 0.000138. The number of nitrogens with two attached hydrogens (primary N) is 1. The Morgan fingerprint density at radius 3 is 2.21 bits per heavy atom. The average molecular weight is 267 g/mol. The molecule has 1 aromatic carbocycles. The van der Waals surface area contributed by atoms with Gasteiger partial charge >= 0.3 is 0 Å². The average Bonchev–Trinajstić information content (AvgIpc) is 2.39. The quantitative estimate of drug-likeness (QED) is 0.878. The third-order valence-electron chi connectivity index (χ3n) is 4.27. The van der Waals surface area contributed by atoms with Crippen LogP contribution < -0.4 is 5.73 Å². The van der Waals surface area contributed by atoms with Gasteiger partial charge in [-0.3, -0.25) is 0 Å². The van der Waals surface area contributed by atoms with Gasteiger partial charge in [-0.15, -0.1) is 0 Å². The topological polar surface area (TPSA) is 26.0 Å². The molecule has 2 rings (SSSR count). The Hall–Kier alpha value is -0.960. The van der Waals surface area contributed by atoms with Crippen LogP contribution in [0.15, 0.2) is 24.3 Å². The van der Waals surface area contributed by atoms with E-state index in [1.807, 2.05) is 0 Å². The highest BCUT2D eigenvalue weighted by Gasteiger charge is 2.36. The van der Waals surface area contributed by atoms with Crippen LogP contribution in [0.1, 0.15) is 43.7 Å². The molecule has 2 N–H and O–H groups in total. The van der Waals surface area contributed by atoms with Gasteiger partial charge in [-0.1, -0.05) is 31.2 Å². The van der Waals surface area contributed by atoms with Gasteiger partial charge in [0.1, 0.15) is 0 Å². The molecule has 0 aromatic heterocycles. The Labute approximate surface area is 114 Å². The molecular weight excluding hydrogens is 244 g/mol. The second-order valence-electron chi connectivity index (χ2n) is 5.73. The summed E-state index contributed by atoms with van der Waals surface area (Å²) in [6.45, 7) is 2.13. The molecular formula is C16H23F2N. The molecule has 19 heavy (non-hydrogen) atoms. The van der Waals surface area contributed by atoms with Crippen LogP contribution in [0.2, 0.25) is 0 Å². The van der Waals surface area contributed by atoms with Crippen molar-refractivity contribution in [3.63, 3.8) is 0 Å². The van der Waals surface area contributed by atoms with Gasteiger partial charge < -0.3 is 5.73 Å². The summed E-state index contributed by atoms with van der Waals surface area (Å²) in [6, 6.07) is 8.46. The summed E-state index contributed by atoms with van der Waals surface area (Å²) in [5, 5.41) is 0. The molecule has 1 fully saturated rings. The minimum Gasteiger partial charge on any atom is -0.327 e. The van der Waals surface area contributed by atoms with Gasteiger partial charge in [0, 0.05) is 18.9 Å². The fourth-order valence-electron chi connectivity index (χ4n) is 2.84. The van der Waals surface area contributed by atoms with Gasteiger partial charge in [-0.05, 0) is 42.7 Å². The maximum absolute atomic E-state index is 13.1. The molecule has 0 heterocycles. The van der Waals surface area contributed by atoms with E-state index in [1.54, 1.807) is 0 Å². The minimum atomic E-state index is -2.46. The van der Waals surface area contributed by atoms with Crippen LogP contribution in [0.25, 0.3) is 0 Å². The maximum atomic E-state index is 13.1. The zero-order valence-corrected chi connectivity index (χ0v) is 11.5. The summed E-state index contributed by atoms with van der Waals surface area (Å²) in [5.74, 6) is -2.22. The largest absolute Gasteiger partial charge is 0.327 e. The van der Waals surface area contributed by atoms with Crippen molar-refractivity contribution >= 4 is 0 Å². The fourth-order valence-corrected chi connectivity index (χ4v) is 2.84. The van der Waals surface area contributed by atoms with Crippen LogP contribution in [0, 0.1) is 5.92 Å². The number of aryl methyl sites for hydroxylation is 1. The van der Waals surface area contributed by atoms with Crippen LogP contribution in [-0.2, 0) is 12.8 Å². The van der Waals surface area contributed by atoms with Crippen LogP contribution in [0.4, 0.5) is 8.78 Å². The van der Waals surface area contributed by atoms with Crippen LogP contribution in [0.3, 0.4) is 0 Å². The highest BCUT2D eigenvalue weighted by atomic mass is 19.3. The first-order valence-electron chi connectivity index (χ1n) is 7.21. The van der Waals surface area contributed by atoms with Gasteiger partial charge in [-0.2, -0.15) is 0 Å². The SMILES string of the molecule is CCc1ccc(CC(N)C2CCC(F)(F)CC2)cc1. The Balaban J connectivity index is 1.88. The van der Waals surface area contributed by atoms with Crippen LogP contribution in [-0.4, -0.2) is 12.0 Å². The van der Waals surface area contributed by atoms with E-state index in [0.717, 1.165) is 12.8 Å². The van der Waals surface area contributed by atoms with Gasteiger partial charge in [-0.25, -0.2) is 8.78 Å². The fraction of sp³-hybridized carbons (Fsp3) is 0.625. The number of rotatable bonds is 4. The number of alkyl halides is 2. The molecule has 1 nitrogen and oxygen atoms in total. The monoisotopic (exact) mass is 267 g/mol. The number of hydrogen-bond acceptors (Lipinski definition) is 1. The maximum Gasteiger partial charge on any atom is 0.248 e. The van der Waals surface area contributed by atoms with E-state index in [4.69, 9.17) is 5.73 Å². The standard InChI is InChI=1S/C16H23F2N/c1-2-12-3-5-13(6-4-12)11-15(19)14-7-9-16(17,18)10-8-14/h3-6,14-15H,2,7-11,19H2,1H3. The third kappa shape index (κ3) is 4.00. The van der Waals surface area contributed by atoms with Gasteiger partial charge in [0.2, 0.25) is 5.92 Å². The molecule has 0 bridgehead atoms. The summed E-state index contributed by atoms with van der Waals surface area (Å²) in [7, 11) is 0. The predicted molar refractivity (Wildman–Crippen MR) is 74.4 cm³/mol. The Morgan fingerprint density at radius 1 is 1.16 bits per heavy atom. The van der Waals surface area contributed by atoms with Crippen molar-refractivity contribution in [3.05, 3.63) is 35.4 Å². The molecule has 1 atom stereocenters. The van der Waals surface area contributed by atoms with E-state index >= 15 is 0 Å². The highest BCUT2D eigenvalue weighted by molar-refractivity contribution is 5.23. The smallest absolute Gasteiger partial charge is 0.248 e. The first-order chi connectivity index (χ1) is 9.00. The molecule has 3 heteroatoms. The zero-order chi connectivity index (χ0) is 13.9. The predicted octanol–water partition coefficient (Wildman–Crippen LogP) is 3.94. The summed E-state index contributed by atoms with van der Waals surface area (Å²) in [6.07, 6.45) is 2.94. The molecule has 0 amide bonds. The zero-order valence-electron chi connectivity index (χ0n) is 11.5. The van der Waals surface area contributed by atoms with Crippen LogP contribution >= 0.6 is 0 Å². The Morgan fingerprint density at radius 2 is 1.68 bits per heavy atom. The van der Waals surface area contributed by atoms with Crippen molar-refractivity contribution in [2.24, 2.45) is 11.7 Å². The number of halogens is 2. The summed E-state index contributed by atoms with van der Waals surface area (Å²) in [5.41, 5.74) is 8.72. The van der Waals surface area contributed by atoms with Crippen molar-refractivity contribution in [1.29, 1.82) is 0 Å². The van der Waals surface area contributed by atoms with Gasteiger partial charge in [0.25, 0.3) is 0 Å². The summed E-state index contributed by atoms with van der Waals surface area (Å²) in [4.78, 5) is 0. The van der Waals surface area contributed by atoms with E-state index in [0.29, 0.717) is 12.8 Å². The van der Waals surface area contributed by atoms with Crippen molar-refractivity contribution in [3.8, 4) is 0 Å². The lowest BCUT2D eigenvalue weighted by atomic mass is 9.80. The van der Waals surface area contributed by atoms with Gasteiger partial charge in [0.05, 0.1) is 0 Å². The lowest BCUT2D eigenvalue weighted by molar-refractivity contribution is -0.0481. The number of hydrogen-bond donors (Lipinski definition) is 1. The Bertz CT molecular complexity index is 390. The van der Waals surface area contributed by atoms with Crippen LogP contribution in [0.5, 0.6) is 0 Å². The molecule has 0 radical (unpaired) electrons. The van der Waals surface area contributed by atoms with E-state index in [1.165, 1.54) is 11.1 Å². The second-order valence-corrected chi connectivity index (χ2v) is 5.73. The van der Waals surface area contributed by atoms with Crippen molar-refractivity contribution in [2.45, 2.75) is 57.4 Å². The van der Waals surface area contributed by atoms with Crippen molar-refractivity contribution in [1.82, 2.24) is 0 Å². The molecule has 106 valence electrons. The lowest BCUT2D eigenvalue weighted by Crippen LogP contribution is -2.37. The molecule has 1 unspecified atom stereocenters. The Kier molecular flexibility index (Phi) is 4.56.